The van der Waals surface area contributed by atoms with E-state index in [1.807, 2.05) is 0 Å². The van der Waals surface area contributed by atoms with Crippen molar-refractivity contribution in [3.8, 4) is 0 Å². The zero-order valence-electron chi connectivity index (χ0n) is 16.4. The number of ether oxygens (including phenoxy) is 1. The molecule has 30 heavy (non-hydrogen) atoms. The standard InChI is InChI=1S/C19H24N4O6S/c24-16(21-23-17(25)19(20-18(23)26)7-2-1-3-8-19)14-5-4-6-15(13-14)30(27,28)22-9-11-29-12-10-22/h4-6,13H,1-3,7-12H2,(H,20,26)(H,21,24). The number of hydrogen-bond acceptors (Lipinski definition) is 6. The van der Waals surface area contributed by atoms with E-state index in [9.17, 15) is 22.8 Å². The number of nitrogens with zero attached hydrogens (tertiary/aromatic N) is 2. The smallest absolute Gasteiger partial charge is 0.344 e. The summed E-state index contributed by atoms with van der Waals surface area (Å²) in [6.07, 6.45) is 3.74. The first-order chi connectivity index (χ1) is 14.3. The largest absolute Gasteiger partial charge is 0.379 e. The van der Waals surface area contributed by atoms with E-state index in [0.29, 0.717) is 31.1 Å². The van der Waals surface area contributed by atoms with E-state index in [4.69, 9.17) is 4.74 Å². The second-order valence-corrected chi connectivity index (χ2v) is 9.64. The molecule has 0 bridgehead atoms. The van der Waals surface area contributed by atoms with Crippen molar-refractivity contribution < 1.29 is 27.5 Å². The molecule has 0 aromatic heterocycles. The number of morpholine rings is 1. The number of sulfonamides is 1. The summed E-state index contributed by atoms with van der Waals surface area (Å²) in [4.78, 5) is 37.8. The van der Waals surface area contributed by atoms with Gasteiger partial charge in [-0.05, 0) is 31.0 Å². The molecule has 1 aromatic carbocycles. The summed E-state index contributed by atoms with van der Waals surface area (Å²) >= 11 is 0. The lowest BCUT2D eigenvalue weighted by Gasteiger charge is -2.30. The lowest BCUT2D eigenvalue weighted by Crippen LogP contribution is -2.51. The van der Waals surface area contributed by atoms with Crippen molar-refractivity contribution in [1.82, 2.24) is 20.1 Å². The molecule has 1 saturated carbocycles. The van der Waals surface area contributed by atoms with Gasteiger partial charge in [0.25, 0.3) is 11.8 Å². The van der Waals surface area contributed by atoms with Gasteiger partial charge in [0, 0.05) is 18.7 Å². The maximum absolute atomic E-state index is 12.8. The number of amides is 4. The highest BCUT2D eigenvalue weighted by Gasteiger charge is 2.52. The molecule has 0 unspecified atom stereocenters. The fourth-order valence-corrected chi connectivity index (χ4v) is 5.57. The van der Waals surface area contributed by atoms with E-state index < -0.39 is 33.4 Å². The first kappa shape index (κ1) is 20.8. The van der Waals surface area contributed by atoms with Crippen molar-refractivity contribution in [1.29, 1.82) is 0 Å². The van der Waals surface area contributed by atoms with Crippen LogP contribution in [0, 0.1) is 0 Å². The Hall–Kier alpha value is -2.50. The molecule has 1 spiro atoms. The number of urea groups is 1. The predicted molar refractivity (Wildman–Crippen MR) is 105 cm³/mol. The minimum absolute atomic E-state index is 0.0296. The van der Waals surface area contributed by atoms with Crippen molar-refractivity contribution in [2.24, 2.45) is 0 Å². The molecule has 4 amide bonds. The van der Waals surface area contributed by atoms with Gasteiger partial charge in [-0.3, -0.25) is 15.0 Å². The number of carbonyl (C=O) groups excluding carboxylic acids is 3. The quantitative estimate of drug-likeness (QED) is 0.666. The van der Waals surface area contributed by atoms with Gasteiger partial charge >= 0.3 is 6.03 Å². The third kappa shape index (κ3) is 3.68. The number of nitrogens with one attached hydrogen (secondary N) is 2. The normalized spacial score (nSPS) is 22.2. The lowest BCUT2D eigenvalue weighted by atomic mass is 9.82. The van der Waals surface area contributed by atoms with Gasteiger partial charge in [-0.15, -0.1) is 0 Å². The van der Waals surface area contributed by atoms with Gasteiger partial charge in [0.05, 0.1) is 18.1 Å². The molecule has 10 nitrogen and oxygen atoms in total. The van der Waals surface area contributed by atoms with Gasteiger partial charge in [0.1, 0.15) is 5.54 Å². The van der Waals surface area contributed by atoms with E-state index in [0.717, 1.165) is 19.3 Å². The molecular formula is C19H24N4O6S. The van der Waals surface area contributed by atoms with Crippen LogP contribution in [0.3, 0.4) is 0 Å². The van der Waals surface area contributed by atoms with Gasteiger partial charge in [0.15, 0.2) is 0 Å². The predicted octanol–water partition coefficient (Wildman–Crippen LogP) is 0.607. The summed E-state index contributed by atoms with van der Waals surface area (Å²) in [7, 11) is -3.78. The van der Waals surface area contributed by atoms with E-state index in [1.165, 1.54) is 28.6 Å². The van der Waals surface area contributed by atoms with Crippen LogP contribution < -0.4 is 10.7 Å². The molecule has 0 radical (unpaired) electrons. The van der Waals surface area contributed by atoms with Gasteiger partial charge in [-0.1, -0.05) is 25.3 Å². The van der Waals surface area contributed by atoms with Crippen molar-refractivity contribution in [2.45, 2.75) is 42.5 Å². The highest BCUT2D eigenvalue weighted by Crippen LogP contribution is 2.33. The maximum Gasteiger partial charge on any atom is 0.344 e. The van der Waals surface area contributed by atoms with Crippen LogP contribution in [-0.4, -0.2) is 67.4 Å². The average molecular weight is 436 g/mol. The number of carbonyl (C=O) groups is 3. The molecule has 1 aliphatic carbocycles. The third-order valence-corrected chi connectivity index (χ3v) is 7.68. The fraction of sp³-hybridized carbons (Fsp3) is 0.526. The van der Waals surface area contributed by atoms with Gasteiger partial charge in [0.2, 0.25) is 10.0 Å². The molecular weight excluding hydrogens is 412 g/mol. The second-order valence-electron chi connectivity index (χ2n) is 7.70. The Morgan fingerprint density at radius 3 is 2.50 bits per heavy atom. The fourth-order valence-electron chi connectivity index (χ4n) is 4.12. The molecule has 11 heteroatoms. The summed E-state index contributed by atoms with van der Waals surface area (Å²) in [6, 6.07) is 4.87. The topological polar surface area (TPSA) is 125 Å². The monoisotopic (exact) mass is 436 g/mol. The summed E-state index contributed by atoms with van der Waals surface area (Å²) in [5.74, 6) is -1.21. The Kier molecular flexibility index (Phi) is 5.51. The maximum atomic E-state index is 12.8. The minimum atomic E-state index is -3.78. The van der Waals surface area contributed by atoms with Crippen LogP contribution in [0.2, 0.25) is 0 Å². The number of rotatable bonds is 4. The first-order valence-corrected chi connectivity index (χ1v) is 11.4. The summed E-state index contributed by atoms with van der Waals surface area (Å²) in [5.41, 5.74) is 1.41. The SMILES string of the molecule is O=C(NN1C(=O)NC2(CCCCC2)C1=O)c1cccc(S(=O)(=O)N2CCOCC2)c1. The average Bonchev–Trinajstić information content (AvgIpc) is 2.98. The summed E-state index contributed by atoms with van der Waals surface area (Å²) in [5, 5.41) is 3.42. The number of hydrogen-bond donors (Lipinski definition) is 2. The molecule has 2 heterocycles. The van der Waals surface area contributed by atoms with E-state index in [-0.39, 0.29) is 23.5 Å². The van der Waals surface area contributed by atoms with Crippen LogP contribution in [0.4, 0.5) is 4.79 Å². The van der Waals surface area contributed by atoms with Crippen LogP contribution in [-0.2, 0) is 19.6 Å². The number of benzene rings is 1. The van der Waals surface area contributed by atoms with Gasteiger partial charge < -0.3 is 10.1 Å². The van der Waals surface area contributed by atoms with Gasteiger partial charge in [-0.25, -0.2) is 13.2 Å². The Labute approximate surface area is 174 Å². The minimum Gasteiger partial charge on any atom is -0.379 e. The molecule has 162 valence electrons. The van der Waals surface area contributed by atoms with Crippen LogP contribution in [0.15, 0.2) is 29.2 Å². The lowest BCUT2D eigenvalue weighted by molar-refractivity contribution is -0.134. The van der Waals surface area contributed by atoms with E-state index in [2.05, 4.69) is 10.7 Å². The van der Waals surface area contributed by atoms with Crippen molar-refractivity contribution in [3.63, 3.8) is 0 Å². The molecule has 2 saturated heterocycles. The molecule has 3 aliphatic rings. The molecule has 1 aromatic rings. The molecule has 2 N–H and O–H groups in total. The van der Waals surface area contributed by atoms with Crippen LogP contribution >= 0.6 is 0 Å². The van der Waals surface area contributed by atoms with Crippen LogP contribution in [0.1, 0.15) is 42.5 Å². The zero-order valence-corrected chi connectivity index (χ0v) is 17.2. The van der Waals surface area contributed by atoms with Crippen LogP contribution in [0.5, 0.6) is 0 Å². The second kappa shape index (κ2) is 7.97. The zero-order chi connectivity index (χ0) is 21.4. The number of hydrazine groups is 1. The molecule has 2 aliphatic heterocycles. The van der Waals surface area contributed by atoms with E-state index >= 15 is 0 Å². The van der Waals surface area contributed by atoms with Crippen molar-refractivity contribution >= 4 is 27.9 Å². The Morgan fingerprint density at radius 2 is 1.80 bits per heavy atom. The summed E-state index contributed by atoms with van der Waals surface area (Å²) < 4.78 is 32.1. The molecule has 0 atom stereocenters. The summed E-state index contributed by atoms with van der Waals surface area (Å²) in [6.45, 7) is 1.10. The van der Waals surface area contributed by atoms with Crippen molar-refractivity contribution in [2.75, 3.05) is 26.3 Å². The molecule has 3 fully saturated rings. The Morgan fingerprint density at radius 1 is 1.10 bits per heavy atom. The number of imide groups is 1. The Balaban J connectivity index is 1.51. The van der Waals surface area contributed by atoms with Crippen molar-refractivity contribution in [3.05, 3.63) is 29.8 Å². The van der Waals surface area contributed by atoms with Gasteiger partial charge in [-0.2, -0.15) is 9.31 Å². The first-order valence-electron chi connectivity index (χ1n) is 9.99. The van der Waals surface area contributed by atoms with Crippen LogP contribution in [0.25, 0.3) is 0 Å². The Bertz CT molecular complexity index is 967. The highest BCUT2D eigenvalue weighted by molar-refractivity contribution is 7.89. The highest BCUT2D eigenvalue weighted by atomic mass is 32.2. The van der Waals surface area contributed by atoms with E-state index in [1.54, 1.807) is 0 Å². The molecule has 4 rings (SSSR count). The third-order valence-electron chi connectivity index (χ3n) is 5.79.